The molecular formula is C26H33N3O3S. The van der Waals surface area contributed by atoms with Crippen LogP contribution < -0.4 is 5.32 Å². The summed E-state index contributed by atoms with van der Waals surface area (Å²) in [6.45, 7) is 6.11. The van der Waals surface area contributed by atoms with Crippen molar-refractivity contribution in [2.24, 2.45) is 4.99 Å². The van der Waals surface area contributed by atoms with Gasteiger partial charge in [0.15, 0.2) is 5.17 Å². The van der Waals surface area contributed by atoms with E-state index in [0.29, 0.717) is 12.0 Å². The predicted molar refractivity (Wildman–Crippen MR) is 133 cm³/mol. The number of nitrogens with zero attached hydrogens (tertiary/aromatic N) is 2. The van der Waals surface area contributed by atoms with Gasteiger partial charge in [-0.15, -0.1) is 0 Å². The second kappa shape index (κ2) is 10.2. The first kappa shape index (κ1) is 23.6. The summed E-state index contributed by atoms with van der Waals surface area (Å²) in [5.74, 6) is -0.344. The number of aliphatic imine (C=N–C) groups is 1. The minimum absolute atomic E-state index is 0.0274. The Morgan fingerprint density at radius 3 is 2.67 bits per heavy atom. The fraction of sp³-hybridized carbons (Fsp3) is 0.500. The van der Waals surface area contributed by atoms with Gasteiger partial charge in [0.1, 0.15) is 0 Å². The molecule has 1 aromatic carbocycles. The molecule has 1 N–H and O–H groups in total. The Morgan fingerprint density at radius 1 is 1.21 bits per heavy atom. The van der Waals surface area contributed by atoms with Crippen LogP contribution >= 0.6 is 11.8 Å². The van der Waals surface area contributed by atoms with Crippen molar-refractivity contribution < 1.29 is 14.3 Å². The van der Waals surface area contributed by atoms with Crippen LogP contribution in [-0.4, -0.2) is 35.1 Å². The molecule has 33 heavy (non-hydrogen) atoms. The zero-order valence-corrected chi connectivity index (χ0v) is 20.8. The zero-order chi connectivity index (χ0) is 23.5. The van der Waals surface area contributed by atoms with E-state index in [2.05, 4.69) is 42.3 Å². The van der Waals surface area contributed by atoms with Crippen molar-refractivity contribution in [3.8, 4) is 0 Å². The van der Waals surface area contributed by atoms with Gasteiger partial charge in [-0.05, 0) is 49.6 Å². The number of nitrogens with one attached hydrogen (secondary N) is 1. The van der Waals surface area contributed by atoms with Crippen LogP contribution in [0, 0.1) is 13.8 Å². The van der Waals surface area contributed by atoms with Gasteiger partial charge in [-0.2, -0.15) is 0 Å². The number of allylic oxidation sites excluding steroid dienone is 1. The number of carbonyl (C=O) groups is 2. The lowest BCUT2D eigenvalue weighted by molar-refractivity contribution is -0.136. The standard InChI is InChI=1S/C26H33N3O3S/c1-5-21-23(25(31)32-4)24(20-13-16(2)11-12-17(20)3)29-19(15-33-26(29)28-21)14-22(30)27-18-9-7-6-8-10-18/h11-13,15,18,24H,5-10,14H2,1-4H3,(H,27,30)/t24-/m0/s1. The van der Waals surface area contributed by atoms with Gasteiger partial charge in [0.2, 0.25) is 5.91 Å². The van der Waals surface area contributed by atoms with E-state index in [1.165, 1.54) is 38.1 Å². The number of hydrogen-bond donors (Lipinski definition) is 1. The summed E-state index contributed by atoms with van der Waals surface area (Å²) < 4.78 is 5.21. The number of amides is 1. The lowest BCUT2D eigenvalue weighted by Crippen LogP contribution is -2.40. The Kier molecular flexibility index (Phi) is 7.27. The molecule has 2 heterocycles. The van der Waals surface area contributed by atoms with Crippen molar-refractivity contribution >= 4 is 28.8 Å². The number of rotatable bonds is 6. The SMILES string of the molecule is CCC1=C(C(=O)OC)[C@H](c2cc(C)ccc2C)N2C(CC(=O)NC3CCCCC3)=CSC2=N1. The summed E-state index contributed by atoms with van der Waals surface area (Å²) in [6, 6.07) is 6.18. The Hall–Kier alpha value is -2.54. The summed E-state index contributed by atoms with van der Waals surface area (Å²) in [4.78, 5) is 32.9. The van der Waals surface area contributed by atoms with Crippen LogP contribution in [0.25, 0.3) is 0 Å². The number of fused-ring (bicyclic) bond motifs is 1. The molecule has 2 aliphatic heterocycles. The zero-order valence-electron chi connectivity index (χ0n) is 19.9. The molecule has 6 nitrogen and oxygen atoms in total. The number of ether oxygens (including phenoxy) is 1. The normalized spacial score (nSPS) is 20.8. The van der Waals surface area contributed by atoms with Crippen molar-refractivity contribution in [1.82, 2.24) is 10.2 Å². The predicted octanol–water partition coefficient (Wildman–Crippen LogP) is 5.28. The van der Waals surface area contributed by atoms with Crippen LogP contribution in [0.4, 0.5) is 0 Å². The van der Waals surface area contributed by atoms with Crippen LogP contribution in [0.3, 0.4) is 0 Å². The highest BCUT2D eigenvalue weighted by molar-refractivity contribution is 8.16. The number of thioether (sulfide) groups is 1. The van der Waals surface area contributed by atoms with Crippen LogP contribution in [0.2, 0.25) is 0 Å². The van der Waals surface area contributed by atoms with Crippen LogP contribution in [0.5, 0.6) is 0 Å². The fourth-order valence-corrected chi connectivity index (χ4v) is 5.89. The van der Waals surface area contributed by atoms with Crippen LogP contribution in [0.1, 0.15) is 74.6 Å². The minimum atomic E-state index is -0.372. The molecule has 0 aromatic heterocycles. The lowest BCUT2D eigenvalue weighted by atomic mass is 9.89. The maximum absolute atomic E-state index is 13.0. The van der Waals surface area contributed by atoms with E-state index in [9.17, 15) is 9.59 Å². The van der Waals surface area contributed by atoms with Crippen LogP contribution in [0.15, 0.2) is 45.6 Å². The average Bonchev–Trinajstić information content (AvgIpc) is 3.21. The highest BCUT2D eigenvalue weighted by atomic mass is 32.2. The third-order valence-corrected chi connectivity index (χ3v) is 7.56. The first-order chi connectivity index (χ1) is 15.9. The number of esters is 1. The number of hydrogen-bond acceptors (Lipinski definition) is 6. The van der Waals surface area contributed by atoms with Gasteiger partial charge in [0.05, 0.1) is 30.8 Å². The van der Waals surface area contributed by atoms with Gasteiger partial charge in [0, 0.05) is 11.7 Å². The first-order valence-corrected chi connectivity index (χ1v) is 12.7. The Bertz CT molecular complexity index is 1040. The lowest BCUT2D eigenvalue weighted by Gasteiger charge is -2.37. The molecule has 0 radical (unpaired) electrons. The average molecular weight is 468 g/mol. The van der Waals surface area contributed by atoms with E-state index < -0.39 is 0 Å². The third kappa shape index (κ3) is 4.88. The van der Waals surface area contributed by atoms with Crippen molar-refractivity contribution in [2.75, 3.05) is 7.11 Å². The topological polar surface area (TPSA) is 71.0 Å². The molecule has 0 bridgehead atoms. The summed E-state index contributed by atoms with van der Waals surface area (Å²) in [5.41, 5.74) is 5.41. The number of methoxy groups -OCH3 is 1. The van der Waals surface area contributed by atoms with E-state index in [0.717, 1.165) is 46.1 Å². The fourth-order valence-electron chi connectivity index (χ4n) is 4.95. The number of aryl methyl sites for hydroxylation is 2. The maximum atomic E-state index is 13.0. The number of carbonyl (C=O) groups excluding carboxylic acids is 2. The van der Waals surface area contributed by atoms with Gasteiger partial charge < -0.3 is 15.0 Å². The first-order valence-electron chi connectivity index (χ1n) is 11.8. The monoisotopic (exact) mass is 467 g/mol. The molecule has 1 fully saturated rings. The second-order valence-electron chi connectivity index (χ2n) is 9.04. The molecule has 1 aliphatic carbocycles. The summed E-state index contributed by atoms with van der Waals surface area (Å²) in [6.07, 6.45) is 6.59. The van der Waals surface area contributed by atoms with Gasteiger partial charge in [-0.25, -0.2) is 9.79 Å². The molecule has 1 aromatic rings. The summed E-state index contributed by atoms with van der Waals surface area (Å²) >= 11 is 1.52. The molecule has 7 heteroatoms. The van der Waals surface area contributed by atoms with E-state index in [4.69, 9.17) is 9.73 Å². The van der Waals surface area contributed by atoms with E-state index in [-0.39, 0.29) is 30.4 Å². The molecule has 176 valence electrons. The van der Waals surface area contributed by atoms with E-state index >= 15 is 0 Å². The van der Waals surface area contributed by atoms with Crippen molar-refractivity contribution in [1.29, 1.82) is 0 Å². The summed E-state index contributed by atoms with van der Waals surface area (Å²) in [5, 5.41) is 6.04. The maximum Gasteiger partial charge on any atom is 0.338 e. The van der Waals surface area contributed by atoms with Gasteiger partial charge in [-0.1, -0.05) is 61.7 Å². The Labute approximate surface area is 200 Å². The quantitative estimate of drug-likeness (QED) is 0.577. The van der Waals surface area contributed by atoms with Gasteiger partial charge in [-0.3, -0.25) is 4.79 Å². The molecular weight excluding hydrogens is 434 g/mol. The molecule has 1 amide bonds. The molecule has 4 rings (SSSR count). The van der Waals surface area contributed by atoms with Crippen molar-refractivity contribution in [3.63, 3.8) is 0 Å². The third-order valence-electron chi connectivity index (χ3n) is 6.67. The molecule has 3 aliphatic rings. The molecule has 0 unspecified atom stereocenters. The summed E-state index contributed by atoms with van der Waals surface area (Å²) in [7, 11) is 1.41. The molecule has 0 saturated heterocycles. The Balaban J connectivity index is 1.69. The van der Waals surface area contributed by atoms with Crippen molar-refractivity contribution in [2.45, 2.75) is 77.8 Å². The molecule has 1 atom stereocenters. The molecule has 1 saturated carbocycles. The van der Waals surface area contributed by atoms with Crippen molar-refractivity contribution in [3.05, 3.63) is 57.3 Å². The highest BCUT2D eigenvalue weighted by Crippen LogP contribution is 2.46. The smallest absolute Gasteiger partial charge is 0.338 e. The van der Waals surface area contributed by atoms with E-state index in [1.54, 1.807) is 0 Å². The highest BCUT2D eigenvalue weighted by Gasteiger charge is 2.42. The molecule has 0 spiro atoms. The largest absolute Gasteiger partial charge is 0.466 e. The van der Waals surface area contributed by atoms with Gasteiger partial charge in [0.25, 0.3) is 0 Å². The number of amidine groups is 1. The Morgan fingerprint density at radius 2 is 1.97 bits per heavy atom. The van der Waals surface area contributed by atoms with E-state index in [1.807, 2.05) is 12.3 Å². The van der Waals surface area contributed by atoms with Crippen LogP contribution in [-0.2, 0) is 14.3 Å². The minimum Gasteiger partial charge on any atom is -0.466 e. The second-order valence-corrected chi connectivity index (χ2v) is 9.88. The van der Waals surface area contributed by atoms with Gasteiger partial charge >= 0.3 is 5.97 Å². The number of benzene rings is 1.